The number of halogens is 1. The number of methoxy groups -OCH3 is 1. The third kappa shape index (κ3) is 3.70. The predicted octanol–water partition coefficient (Wildman–Crippen LogP) is 1.93. The van der Waals surface area contributed by atoms with Gasteiger partial charge >= 0.3 is 0 Å². The van der Waals surface area contributed by atoms with Crippen LogP contribution in [0.4, 0.5) is 10.1 Å². The number of ether oxygens (including phenoxy) is 1. The zero-order valence-electron chi connectivity index (χ0n) is 15.0. The van der Waals surface area contributed by atoms with E-state index in [4.69, 9.17) is 4.74 Å². The summed E-state index contributed by atoms with van der Waals surface area (Å²) in [6.45, 7) is 5.03. The Labute approximate surface area is 155 Å². The van der Waals surface area contributed by atoms with Crippen LogP contribution in [0, 0.1) is 11.7 Å². The molecule has 0 bridgehead atoms. The molecule has 140 valence electrons. The third-order valence-corrected chi connectivity index (χ3v) is 4.23. The van der Waals surface area contributed by atoms with Crippen molar-refractivity contribution in [1.29, 1.82) is 0 Å². The van der Waals surface area contributed by atoms with Gasteiger partial charge in [-0.25, -0.2) is 9.38 Å². The first-order chi connectivity index (χ1) is 12.9. The molecule has 0 aromatic heterocycles. The van der Waals surface area contributed by atoms with Crippen LogP contribution in [0.15, 0.2) is 45.9 Å². The van der Waals surface area contributed by atoms with Gasteiger partial charge in [0.1, 0.15) is 12.4 Å². The molecule has 0 radical (unpaired) electrons. The van der Waals surface area contributed by atoms with Gasteiger partial charge < -0.3 is 15.4 Å². The first-order valence-corrected chi connectivity index (χ1v) is 8.26. The number of hydrogen-bond acceptors (Lipinski definition) is 6. The first-order valence-electron chi connectivity index (χ1n) is 8.26. The Morgan fingerprint density at radius 1 is 1.37 bits per heavy atom. The highest BCUT2D eigenvalue weighted by molar-refractivity contribution is 6.05. The number of carbonyl (C=O) groups excluding carboxylic acids is 2. The normalized spacial score (nSPS) is 20.3. The van der Waals surface area contributed by atoms with Gasteiger partial charge in [-0.1, -0.05) is 6.58 Å². The van der Waals surface area contributed by atoms with Crippen molar-refractivity contribution in [2.24, 2.45) is 15.9 Å². The number of anilines is 1. The standard InChI is InChI=1S/C19H19FN4O3/c1-10(2)19(26)24-14-6-11(4-5-13(14)20)17-16-12(15(25)8-27-3)7-21-18(16)23-9-22-17/h4-7,9,12,18H,1,8H2,2-3H3,(H,22,23)(H,24,26). The molecule has 2 heterocycles. The van der Waals surface area contributed by atoms with Gasteiger partial charge in [0.2, 0.25) is 0 Å². The first kappa shape index (κ1) is 18.7. The van der Waals surface area contributed by atoms with Gasteiger partial charge in [0.05, 0.1) is 23.6 Å². The fourth-order valence-corrected chi connectivity index (χ4v) is 2.89. The van der Waals surface area contributed by atoms with E-state index >= 15 is 0 Å². The summed E-state index contributed by atoms with van der Waals surface area (Å²) in [7, 11) is 1.45. The summed E-state index contributed by atoms with van der Waals surface area (Å²) in [6.07, 6.45) is 2.53. The van der Waals surface area contributed by atoms with Crippen LogP contribution in [0.2, 0.25) is 0 Å². The summed E-state index contributed by atoms with van der Waals surface area (Å²) in [4.78, 5) is 32.7. The van der Waals surface area contributed by atoms with Crippen LogP contribution < -0.4 is 10.6 Å². The molecular formula is C19H19FN4O3. The zero-order chi connectivity index (χ0) is 19.6. The summed E-state index contributed by atoms with van der Waals surface area (Å²) in [5.41, 5.74) is 2.16. The van der Waals surface area contributed by atoms with E-state index in [1.165, 1.54) is 32.5 Å². The Bertz CT molecular complexity index is 904. The summed E-state index contributed by atoms with van der Waals surface area (Å²) in [5, 5.41) is 5.51. The molecule has 2 aliphatic heterocycles. The number of fused-ring (bicyclic) bond motifs is 1. The molecule has 3 rings (SSSR count). The van der Waals surface area contributed by atoms with Gasteiger partial charge in [-0.3, -0.25) is 14.6 Å². The van der Waals surface area contributed by atoms with Crippen molar-refractivity contribution in [3.63, 3.8) is 0 Å². The lowest BCUT2D eigenvalue weighted by molar-refractivity contribution is -0.123. The predicted molar refractivity (Wildman–Crippen MR) is 101 cm³/mol. The number of carbonyl (C=O) groups is 2. The molecule has 27 heavy (non-hydrogen) atoms. The Balaban J connectivity index is 2.01. The maximum absolute atomic E-state index is 14.1. The number of Topliss-reactive ketones (excluding diaryl/α,β-unsaturated/α-hetero) is 1. The summed E-state index contributed by atoms with van der Waals surface area (Å²) < 4.78 is 19.1. The molecule has 7 nitrogen and oxygen atoms in total. The number of nitrogens with zero attached hydrogens (tertiary/aromatic N) is 2. The van der Waals surface area contributed by atoms with Crippen LogP contribution in [-0.2, 0) is 14.3 Å². The molecule has 1 aromatic rings. The van der Waals surface area contributed by atoms with Crippen LogP contribution in [0.1, 0.15) is 12.5 Å². The fourth-order valence-electron chi connectivity index (χ4n) is 2.89. The lowest BCUT2D eigenvalue weighted by atomic mass is 9.91. The highest BCUT2D eigenvalue weighted by Crippen LogP contribution is 2.34. The fraction of sp³-hybridized carbons (Fsp3) is 0.263. The van der Waals surface area contributed by atoms with E-state index in [1.54, 1.807) is 12.3 Å². The van der Waals surface area contributed by atoms with Crippen LogP contribution in [0.25, 0.3) is 5.70 Å². The van der Waals surface area contributed by atoms with E-state index in [2.05, 4.69) is 27.2 Å². The number of nitrogens with one attached hydrogen (secondary N) is 2. The second kappa shape index (κ2) is 7.63. The quantitative estimate of drug-likeness (QED) is 0.749. The van der Waals surface area contributed by atoms with E-state index < -0.39 is 23.8 Å². The van der Waals surface area contributed by atoms with Crippen molar-refractivity contribution < 1.29 is 18.7 Å². The van der Waals surface area contributed by atoms with Gasteiger partial charge in [0, 0.05) is 30.0 Å². The third-order valence-electron chi connectivity index (χ3n) is 4.23. The van der Waals surface area contributed by atoms with E-state index in [9.17, 15) is 14.0 Å². The minimum atomic E-state index is -0.576. The molecular weight excluding hydrogens is 351 g/mol. The SMILES string of the molecule is C=C(C)C(=O)Nc1cc(C2=C3C(N=CN2)N=CC3C(=O)COC)ccc1F. The molecule has 0 fully saturated rings. The van der Waals surface area contributed by atoms with Gasteiger partial charge in [-0.05, 0) is 25.1 Å². The maximum Gasteiger partial charge on any atom is 0.250 e. The van der Waals surface area contributed by atoms with Crippen LogP contribution in [0.3, 0.4) is 0 Å². The summed E-state index contributed by atoms with van der Waals surface area (Å²) in [5.74, 6) is -1.77. The van der Waals surface area contributed by atoms with E-state index in [0.29, 0.717) is 16.8 Å². The monoisotopic (exact) mass is 370 g/mol. The minimum absolute atomic E-state index is 0.0214. The highest BCUT2D eigenvalue weighted by atomic mass is 19.1. The lowest BCUT2D eigenvalue weighted by Gasteiger charge is -2.22. The number of ketones is 1. The van der Waals surface area contributed by atoms with E-state index in [0.717, 1.165) is 0 Å². The second-order valence-corrected chi connectivity index (χ2v) is 6.23. The average Bonchev–Trinajstić information content (AvgIpc) is 3.08. The second-order valence-electron chi connectivity index (χ2n) is 6.23. The largest absolute Gasteiger partial charge is 0.377 e. The molecule has 2 aliphatic rings. The molecule has 2 unspecified atom stereocenters. The zero-order valence-corrected chi connectivity index (χ0v) is 15.0. The van der Waals surface area contributed by atoms with Crippen molar-refractivity contribution in [3.8, 4) is 0 Å². The van der Waals surface area contributed by atoms with Crippen molar-refractivity contribution in [2.45, 2.75) is 13.1 Å². The molecule has 0 aliphatic carbocycles. The summed E-state index contributed by atoms with van der Waals surface area (Å²) >= 11 is 0. The molecule has 0 spiro atoms. The Kier molecular flexibility index (Phi) is 5.27. The Morgan fingerprint density at radius 3 is 2.85 bits per heavy atom. The van der Waals surface area contributed by atoms with Crippen molar-refractivity contribution in [2.75, 3.05) is 19.0 Å². The lowest BCUT2D eigenvalue weighted by Crippen LogP contribution is -2.29. The smallest absolute Gasteiger partial charge is 0.250 e. The molecule has 1 aromatic carbocycles. The molecule has 8 heteroatoms. The van der Waals surface area contributed by atoms with Crippen LogP contribution >= 0.6 is 0 Å². The molecule has 2 atom stereocenters. The highest BCUT2D eigenvalue weighted by Gasteiger charge is 2.36. The van der Waals surface area contributed by atoms with Gasteiger partial charge in [0.25, 0.3) is 5.91 Å². The molecule has 1 amide bonds. The number of amides is 1. The molecule has 2 N–H and O–H groups in total. The number of rotatable bonds is 6. The maximum atomic E-state index is 14.1. The Morgan fingerprint density at radius 2 is 2.15 bits per heavy atom. The average molecular weight is 370 g/mol. The molecule has 0 saturated heterocycles. The van der Waals surface area contributed by atoms with Crippen LogP contribution in [-0.4, -0.2) is 44.1 Å². The number of hydrogen-bond donors (Lipinski definition) is 2. The van der Waals surface area contributed by atoms with Gasteiger partial charge in [0.15, 0.2) is 11.9 Å². The Hall–Kier alpha value is -3.13. The topological polar surface area (TPSA) is 92.1 Å². The molecule has 0 saturated carbocycles. The van der Waals surface area contributed by atoms with Crippen molar-refractivity contribution >= 4 is 35.6 Å². The van der Waals surface area contributed by atoms with Gasteiger partial charge in [-0.2, -0.15) is 0 Å². The van der Waals surface area contributed by atoms with Crippen LogP contribution in [0.5, 0.6) is 0 Å². The minimum Gasteiger partial charge on any atom is -0.377 e. The number of benzene rings is 1. The number of aliphatic imine (C=N–C) groups is 2. The van der Waals surface area contributed by atoms with Crippen molar-refractivity contribution in [1.82, 2.24) is 5.32 Å². The van der Waals surface area contributed by atoms with Gasteiger partial charge in [-0.15, -0.1) is 0 Å². The summed E-state index contributed by atoms with van der Waals surface area (Å²) in [6, 6.07) is 4.31. The van der Waals surface area contributed by atoms with E-state index in [-0.39, 0.29) is 23.7 Å². The van der Waals surface area contributed by atoms with Crippen molar-refractivity contribution in [3.05, 3.63) is 47.3 Å². The van der Waals surface area contributed by atoms with E-state index in [1.807, 2.05) is 0 Å².